The molecule has 0 N–H and O–H groups in total. The van der Waals surface area contributed by atoms with Crippen molar-refractivity contribution in [1.29, 1.82) is 0 Å². The molecule has 1 unspecified atom stereocenters. The highest BCUT2D eigenvalue weighted by Gasteiger charge is 2.42. The smallest absolute Gasteiger partial charge is 0.311 e. The summed E-state index contributed by atoms with van der Waals surface area (Å²) in [6.45, 7) is 2.61. The molecule has 0 spiro atoms. The highest BCUT2D eigenvalue weighted by atomic mass is 31.2. The van der Waals surface area contributed by atoms with E-state index in [1.54, 1.807) is 18.2 Å². The van der Waals surface area contributed by atoms with E-state index in [1.807, 2.05) is 89.5 Å². The van der Waals surface area contributed by atoms with Gasteiger partial charge in [0, 0.05) is 36.6 Å². The van der Waals surface area contributed by atoms with Crippen LogP contribution < -0.4 is 24.6 Å². The zero-order valence-electron chi connectivity index (χ0n) is 22.7. The first kappa shape index (κ1) is 25.8. The Balaban J connectivity index is 1.66. The fraction of sp³-hybridized carbons (Fsp3) is 0.0588. The normalized spacial score (nSPS) is 15.5. The van der Waals surface area contributed by atoms with Gasteiger partial charge in [-0.05, 0) is 35.9 Å². The number of benzene rings is 5. The molecule has 7 rings (SSSR count). The van der Waals surface area contributed by atoms with Crippen molar-refractivity contribution in [1.82, 2.24) is 4.57 Å². The second-order valence-electron chi connectivity index (χ2n) is 9.98. The number of hydrogen-bond donors (Lipinski definition) is 0. The number of aromatic nitrogens is 1. The number of carbonyl (C=O) groups is 2. The predicted molar refractivity (Wildman–Crippen MR) is 163 cm³/mol. The van der Waals surface area contributed by atoms with E-state index < -0.39 is 19.3 Å². The largest absolute Gasteiger partial charge is 0.436 e. The summed E-state index contributed by atoms with van der Waals surface area (Å²) >= 11 is 0. The topological polar surface area (TPSA) is 83.8 Å². The first-order valence-electron chi connectivity index (χ1n) is 13.4. The molecule has 0 bridgehead atoms. The van der Waals surface area contributed by atoms with Crippen molar-refractivity contribution in [2.75, 3.05) is 0 Å². The van der Waals surface area contributed by atoms with Crippen molar-refractivity contribution in [3.63, 3.8) is 0 Å². The third kappa shape index (κ3) is 3.93. The lowest BCUT2D eigenvalue weighted by Gasteiger charge is -2.30. The van der Waals surface area contributed by atoms with Crippen LogP contribution >= 0.6 is 7.37 Å². The molecule has 6 aromatic rings. The number of rotatable bonds is 4. The molecule has 0 radical (unpaired) electrons. The van der Waals surface area contributed by atoms with Gasteiger partial charge in [0.2, 0.25) is 0 Å². The molecule has 0 amide bonds. The number of esters is 2. The van der Waals surface area contributed by atoms with E-state index in [4.69, 9.17) is 14.0 Å². The Morgan fingerprint density at radius 2 is 1.36 bits per heavy atom. The van der Waals surface area contributed by atoms with Gasteiger partial charge in [0.1, 0.15) is 11.3 Å². The van der Waals surface area contributed by atoms with Crippen LogP contribution in [-0.2, 0) is 14.2 Å². The van der Waals surface area contributed by atoms with Gasteiger partial charge in [0.05, 0.1) is 21.5 Å². The number of fused-ring (bicyclic) bond motifs is 6. The lowest BCUT2D eigenvalue weighted by Crippen LogP contribution is -2.27. The molecule has 206 valence electrons. The zero-order chi connectivity index (χ0) is 29.0. The fourth-order valence-corrected chi connectivity index (χ4v) is 8.13. The molecular formula is C34H24NO6P. The molecule has 8 heteroatoms. The monoisotopic (exact) mass is 573 g/mol. The zero-order valence-corrected chi connectivity index (χ0v) is 23.6. The molecule has 1 atom stereocenters. The van der Waals surface area contributed by atoms with Gasteiger partial charge >= 0.3 is 19.3 Å². The quantitative estimate of drug-likeness (QED) is 0.129. The highest BCUT2D eigenvalue weighted by molar-refractivity contribution is 7.75. The summed E-state index contributed by atoms with van der Waals surface area (Å²) in [7, 11) is -3.98. The van der Waals surface area contributed by atoms with Crippen molar-refractivity contribution in [3.8, 4) is 34.1 Å². The number of nitrogens with zero attached hydrogens (tertiary/aromatic N) is 1. The van der Waals surface area contributed by atoms with Gasteiger partial charge in [-0.1, -0.05) is 72.8 Å². The summed E-state index contributed by atoms with van der Waals surface area (Å²) in [5.41, 5.74) is 3.63. The van der Waals surface area contributed by atoms with Gasteiger partial charge in [-0.2, -0.15) is 0 Å². The van der Waals surface area contributed by atoms with Crippen LogP contribution in [0.4, 0.5) is 0 Å². The van der Waals surface area contributed by atoms with E-state index in [9.17, 15) is 9.59 Å². The molecule has 1 aliphatic heterocycles. The number of ether oxygens (including phenoxy) is 2. The second-order valence-corrected chi connectivity index (χ2v) is 12.2. The highest BCUT2D eigenvalue weighted by Crippen LogP contribution is 2.57. The molecule has 0 fully saturated rings. The van der Waals surface area contributed by atoms with Gasteiger partial charge in [-0.25, -0.2) is 0 Å². The van der Waals surface area contributed by atoms with Crippen LogP contribution in [0.2, 0.25) is 0 Å². The first-order valence-corrected chi connectivity index (χ1v) is 15.0. The molecule has 2 heterocycles. The minimum Gasteiger partial charge on any atom is -0.436 e. The van der Waals surface area contributed by atoms with Crippen LogP contribution in [0.1, 0.15) is 13.8 Å². The van der Waals surface area contributed by atoms with Crippen LogP contribution in [0, 0.1) is 0 Å². The molecule has 0 saturated carbocycles. The molecule has 0 aliphatic carbocycles. The molecular weight excluding hydrogens is 549 g/mol. The van der Waals surface area contributed by atoms with Crippen molar-refractivity contribution >= 4 is 51.7 Å². The van der Waals surface area contributed by atoms with Crippen LogP contribution in [0.15, 0.2) is 109 Å². The number of hydrogen-bond acceptors (Lipinski definition) is 6. The molecule has 7 nitrogen and oxygen atoms in total. The van der Waals surface area contributed by atoms with Gasteiger partial charge < -0.3 is 18.6 Å². The van der Waals surface area contributed by atoms with Gasteiger partial charge in [0.15, 0.2) is 11.5 Å². The summed E-state index contributed by atoms with van der Waals surface area (Å²) in [6.07, 6.45) is 0. The summed E-state index contributed by atoms with van der Waals surface area (Å²) in [6, 6.07) is 33.4. The minimum atomic E-state index is -3.98. The summed E-state index contributed by atoms with van der Waals surface area (Å²) in [4.78, 5) is 25.2. The molecule has 1 aromatic heterocycles. The van der Waals surface area contributed by atoms with Crippen LogP contribution in [0.3, 0.4) is 0 Å². The Morgan fingerprint density at radius 3 is 2.12 bits per heavy atom. The van der Waals surface area contributed by atoms with Crippen LogP contribution in [0.25, 0.3) is 38.6 Å². The SMILES string of the molecule is CC(=O)Oc1c(P2(=O)Oc3ccccc3-c3ccccc32)cc(OC(C)=O)c2c1c1ccccc1n2-c1ccccc1. The van der Waals surface area contributed by atoms with Gasteiger partial charge in [0.25, 0.3) is 0 Å². The van der Waals surface area contributed by atoms with Crippen LogP contribution in [-0.4, -0.2) is 16.5 Å². The summed E-state index contributed by atoms with van der Waals surface area (Å²) < 4.78 is 35.5. The number of carbonyl (C=O) groups excluding carboxylic acids is 2. The van der Waals surface area contributed by atoms with E-state index in [1.165, 1.54) is 19.9 Å². The Labute approximate surface area is 241 Å². The Morgan fingerprint density at radius 1 is 0.714 bits per heavy atom. The lowest BCUT2D eigenvalue weighted by molar-refractivity contribution is -0.132. The Bertz CT molecular complexity index is 2110. The average molecular weight is 574 g/mol. The molecule has 42 heavy (non-hydrogen) atoms. The maximum atomic E-state index is 15.4. The fourth-order valence-electron chi connectivity index (χ4n) is 5.73. The Kier molecular flexibility index (Phi) is 5.99. The predicted octanol–water partition coefficient (Wildman–Crippen LogP) is 6.92. The van der Waals surface area contributed by atoms with Crippen molar-refractivity contribution in [2.24, 2.45) is 0 Å². The molecule has 0 saturated heterocycles. The molecule has 5 aromatic carbocycles. The van der Waals surface area contributed by atoms with Crippen molar-refractivity contribution in [2.45, 2.75) is 13.8 Å². The van der Waals surface area contributed by atoms with Gasteiger partial charge in [-0.15, -0.1) is 0 Å². The van der Waals surface area contributed by atoms with E-state index >= 15 is 4.57 Å². The molecule has 1 aliphatic rings. The summed E-state index contributed by atoms with van der Waals surface area (Å²) in [5.74, 6) is -0.447. The standard InChI is InChI=1S/C34H24NO6P/c1-21(36)39-29-20-31(42(38)30-19-11-8-15-25(30)24-14-7-10-18-28(24)41-42)34(40-22(2)37)32-26-16-6-9-17-27(26)35(33(29)32)23-12-4-3-5-13-23/h3-20H,1-2H3. The van der Waals surface area contributed by atoms with E-state index in [-0.39, 0.29) is 16.8 Å². The third-order valence-electron chi connectivity index (χ3n) is 7.29. The maximum Gasteiger partial charge on any atom is 0.311 e. The first-order chi connectivity index (χ1) is 20.4. The van der Waals surface area contributed by atoms with Gasteiger partial charge in [-0.3, -0.25) is 14.2 Å². The average Bonchev–Trinajstić information content (AvgIpc) is 3.34. The van der Waals surface area contributed by atoms with Crippen LogP contribution in [0.5, 0.6) is 17.2 Å². The van der Waals surface area contributed by atoms with E-state index in [2.05, 4.69) is 0 Å². The van der Waals surface area contributed by atoms with E-state index in [0.29, 0.717) is 22.0 Å². The van der Waals surface area contributed by atoms with Crippen molar-refractivity contribution in [3.05, 3.63) is 109 Å². The second kappa shape index (κ2) is 9.75. The number of para-hydroxylation sites is 3. The third-order valence-corrected chi connectivity index (χ3v) is 9.74. The Hall–Kier alpha value is -5.13. The minimum absolute atomic E-state index is 0.0943. The van der Waals surface area contributed by atoms with E-state index in [0.717, 1.165) is 27.7 Å². The maximum absolute atomic E-state index is 15.4. The lowest BCUT2D eigenvalue weighted by atomic mass is 10.0. The van der Waals surface area contributed by atoms with Crippen molar-refractivity contribution < 1.29 is 28.2 Å². The summed E-state index contributed by atoms with van der Waals surface area (Å²) in [5, 5.41) is 1.78.